The summed E-state index contributed by atoms with van der Waals surface area (Å²) in [6.45, 7) is 0.458. The van der Waals surface area contributed by atoms with Gasteiger partial charge < -0.3 is 4.74 Å². The minimum absolute atomic E-state index is 0.136. The van der Waals surface area contributed by atoms with Gasteiger partial charge in [0.15, 0.2) is 0 Å². The van der Waals surface area contributed by atoms with Crippen LogP contribution in [0.1, 0.15) is 45.2 Å². The first-order chi connectivity index (χ1) is 19.4. The zero-order valence-electron chi connectivity index (χ0n) is 20.9. The maximum Gasteiger partial charge on any atom is 0.254 e. The number of amides is 2. The second-order valence-electron chi connectivity index (χ2n) is 10.2. The van der Waals surface area contributed by atoms with Gasteiger partial charge in [-0.1, -0.05) is 76.6 Å². The molecule has 1 saturated heterocycles. The molecule has 4 aliphatic rings. The van der Waals surface area contributed by atoms with E-state index in [9.17, 15) is 9.59 Å². The first-order valence-corrected chi connectivity index (χ1v) is 15.8. The van der Waals surface area contributed by atoms with Crippen LogP contribution in [-0.4, -0.2) is 23.0 Å². The molecule has 1 fully saturated rings. The van der Waals surface area contributed by atoms with Gasteiger partial charge in [0.2, 0.25) is 0 Å². The summed E-state index contributed by atoms with van der Waals surface area (Å²) in [6, 6.07) is 28.4. The summed E-state index contributed by atoms with van der Waals surface area (Å²) < 4.78 is 9.01. The Morgan fingerprint density at radius 3 is 1.73 bits per heavy atom. The molecule has 2 bridgehead atoms. The van der Waals surface area contributed by atoms with Crippen LogP contribution in [0.25, 0.3) is 0 Å². The number of hydrazone groups is 1. The standard InChI is InChI=1S/C32H21BrI2N2O3/c33-19-11-9-17(10-12-19)16-40-30-24(34)13-18(14-25(30)35)15-36-37-31(38)28-26-20-5-1-2-6-21(20)27(29(28)32(37)39)23-8-4-3-7-22(23)26/h1-15,26-29H,16H2/b36-15-/t26?,27?,28-,29-/m1/s1. The average molecular weight is 815 g/mol. The molecule has 1 aliphatic heterocycles. The smallest absolute Gasteiger partial charge is 0.254 e. The van der Waals surface area contributed by atoms with E-state index >= 15 is 0 Å². The fourth-order valence-electron chi connectivity index (χ4n) is 6.43. The summed E-state index contributed by atoms with van der Waals surface area (Å²) in [7, 11) is 0. The van der Waals surface area contributed by atoms with Crippen molar-refractivity contribution in [3.05, 3.63) is 130 Å². The van der Waals surface area contributed by atoms with Crippen molar-refractivity contribution in [2.45, 2.75) is 18.4 Å². The highest BCUT2D eigenvalue weighted by Crippen LogP contribution is 2.60. The monoisotopic (exact) mass is 814 g/mol. The average Bonchev–Trinajstić information content (AvgIpc) is 3.22. The van der Waals surface area contributed by atoms with Crippen LogP contribution in [0, 0.1) is 19.0 Å². The van der Waals surface area contributed by atoms with Gasteiger partial charge >= 0.3 is 0 Å². The molecule has 0 unspecified atom stereocenters. The molecule has 4 aromatic rings. The van der Waals surface area contributed by atoms with E-state index in [1.54, 1.807) is 6.21 Å². The number of hydrogen-bond donors (Lipinski definition) is 0. The molecular formula is C32H21BrI2N2O3. The number of nitrogens with zero attached hydrogens (tertiary/aromatic N) is 2. The fourth-order valence-corrected chi connectivity index (χ4v) is 8.82. The van der Waals surface area contributed by atoms with Crippen LogP contribution < -0.4 is 4.74 Å². The number of imide groups is 1. The van der Waals surface area contributed by atoms with Crippen molar-refractivity contribution in [2.75, 3.05) is 0 Å². The lowest BCUT2D eigenvalue weighted by Crippen LogP contribution is -2.41. The molecule has 8 heteroatoms. The number of benzene rings is 4. The van der Waals surface area contributed by atoms with Gasteiger partial charge in [-0.05, 0) is 103 Å². The minimum Gasteiger partial charge on any atom is -0.487 e. The van der Waals surface area contributed by atoms with Crippen LogP contribution in [0.2, 0.25) is 0 Å². The Morgan fingerprint density at radius 2 is 1.25 bits per heavy atom. The van der Waals surface area contributed by atoms with E-state index in [0.29, 0.717) is 6.61 Å². The van der Waals surface area contributed by atoms with E-state index in [4.69, 9.17) is 4.74 Å². The normalized spacial score (nSPS) is 22.4. The Morgan fingerprint density at radius 1 is 0.775 bits per heavy atom. The molecule has 1 heterocycles. The molecule has 5 nitrogen and oxygen atoms in total. The lowest BCUT2D eigenvalue weighted by Gasteiger charge is -2.45. The third-order valence-corrected chi connectivity index (χ3v) is 10.2. The molecular weight excluding hydrogens is 794 g/mol. The van der Waals surface area contributed by atoms with E-state index in [0.717, 1.165) is 55.8 Å². The molecule has 0 radical (unpaired) electrons. The highest BCUT2D eigenvalue weighted by atomic mass is 127. The molecule has 0 spiro atoms. The Hall–Kier alpha value is -2.57. The largest absolute Gasteiger partial charge is 0.487 e. The van der Waals surface area contributed by atoms with E-state index in [1.165, 1.54) is 0 Å². The van der Waals surface area contributed by atoms with Crippen molar-refractivity contribution in [3.8, 4) is 5.75 Å². The van der Waals surface area contributed by atoms with Crippen molar-refractivity contribution in [1.29, 1.82) is 0 Å². The second kappa shape index (κ2) is 10.4. The summed E-state index contributed by atoms with van der Waals surface area (Å²) in [5, 5.41) is 5.59. The molecule has 0 aromatic heterocycles. The highest BCUT2D eigenvalue weighted by Gasteiger charge is 2.61. The van der Waals surface area contributed by atoms with Gasteiger partial charge in [-0.25, -0.2) is 0 Å². The van der Waals surface area contributed by atoms with E-state index in [1.807, 2.05) is 60.7 Å². The number of ether oxygens (including phenoxy) is 1. The topological polar surface area (TPSA) is 59.0 Å². The van der Waals surface area contributed by atoms with E-state index in [2.05, 4.69) is 90.5 Å². The predicted octanol–water partition coefficient (Wildman–Crippen LogP) is 7.46. The van der Waals surface area contributed by atoms with Crippen LogP contribution in [0.5, 0.6) is 5.75 Å². The molecule has 198 valence electrons. The van der Waals surface area contributed by atoms with Crippen LogP contribution in [0.3, 0.4) is 0 Å². The quantitative estimate of drug-likeness (QED) is 0.120. The van der Waals surface area contributed by atoms with Gasteiger partial charge in [-0.2, -0.15) is 10.1 Å². The van der Waals surface area contributed by atoms with Gasteiger partial charge in [-0.15, -0.1) is 0 Å². The van der Waals surface area contributed by atoms with Crippen molar-refractivity contribution in [2.24, 2.45) is 16.9 Å². The maximum absolute atomic E-state index is 13.8. The fraction of sp³-hybridized carbons (Fsp3) is 0.156. The molecule has 2 atom stereocenters. The lowest BCUT2D eigenvalue weighted by atomic mass is 9.55. The van der Waals surface area contributed by atoms with Crippen molar-refractivity contribution < 1.29 is 14.3 Å². The van der Waals surface area contributed by atoms with Gasteiger partial charge in [0.1, 0.15) is 12.4 Å². The number of rotatable bonds is 5. The highest BCUT2D eigenvalue weighted by molar-refractivity contribution is 14.1. The van der Waals surface area contributed by atoms with Crippen LogP contribution in [0.15, 0.2) is 94.5 Å². The Kier molecular flexibility index (Phi) is 6.82. The molecule has 8 rings (SSSR count). The molecule has 0 saturated carbocycles. The third-order valence-electron chi connectivity index (χ3n) is 8.06. The molecule has 3 aliphatic carbocycles. The van der Waals surface area contributed by atoms with Crippen molar-refractivity contribution in [1.82, 2.24) is 5.01 Å². The Labute approximate surface area is 267 Å². The number of halogens is 3. The summed E-state index contributed by atoms with van der Waals surface area (Å²) in [5.74, 6) is -0.782. The predicted molar refractivity (Wildman–Crippen MR) is 173 cm³/mol. The first kappa shape index (κ1) is 26.3. The number of carbonyl (C=O) groups excluding carboxylic acids is 2. The lowest BCUT2D eigenvalue weighted by molar-refractivity contribution is -0.139. The number of hydrogen-bond acceptors (Lipinski definition) is 4. The third kappa shape index (κ3) is 4.25. The summed E-state index contributed by atoms with van der Waals surface area (Å²) >= 11 is 7.96. The maximum atomic E-state index is 13.8. The van der Waals surface area contributed by atoms with Crippen LogP contribution in [0.4, 0.5) is 0 Å². The Bertz CT molecular complexity index is 1580. The summed E-state index contributed by atoms with van der Waals surface area (Å²) in [4.78, 5) is 27.6. The zero-order valence-corrected chi connectivity index (χ0v) is 26.8. The van der Waals surface area contributed by atoms with Crippen molar-refractivity contribution in [3.63, 3.8) is 0 Å². The van der Waals surface area contributed by atoms with Crippen LogP contribution in [-0.2, 0) is 16.2 Å². The van der Waals surface area contributed by atoms with E-state index in [-0.39, 0.29) is 23.7 Å². The molecule has 4 aromatic carbocycles. The van der Waals surface area contributed by atoms with Gasteiger partial charge in [-0.3, -0.25) is 9.59 Å². The second-order valence-corrected chi connectivity index (χ2v) is 13.5. The van der Waals surface area contributed by atoms with Gasteiger partial charge in [0.05, 0.1) is 25.2 Å². The zero-order chi connectivity index (χ0) is 27.5. The van der Waals surface area contributed by atoms with Crippen LogP contribution >= 0.6 is 61.1 Å². The summed E-state index contributed by atoms with van der Waals surface area (Å²) in [6.07, 6.45) is 1.61. The van der Waals surface area contributed by atoms with Gasteiger partial charge in [0.25, 0.3) is 11.8 Å². The van der Waals surface area contributed by atoms with E-state index < -0.39 is 11.8 Å². The number of carbonyl (C=O) groups is 2. The molecule has 40 heavy (non-hydrogen) atoms. The molecule has 0 N–H and O–H groups in total. The van der Waals surface area contributed by atoms with Crippen molar-refractivity contribution >= 4 is 79.1 Å². The SMILES string of the molecule is O=C1[C@@H]2C3c4ccccc4C(c4ccccc43)[C@H]2C(=O)N1/N=C\c1cc(I)c(OCc2ccc(Br)cc2)c(I)c1. The van der Waals surface area contributed by atoms with Gasteiger partial charge in [0, 0.05) is 16.3 Å². The first-order valence-electron chi connectivity index (χ1n) is 12.9. The minimum atomic E-state index is -0.436. The summed E-state index contributed by atoms with van der Waals surface area (Å²) in [5.41, 5.74) is 6.50. The molecule has 2 amide bonds. The Balaban J connectivity index is 1.16.